The third-order valence-corrected chi connectivity index (χ3v) is 3.20. The summed E-state index contributed by atoms with van der Waals surface area (Å²) in [6.45, 7) is 2.01. The van der Waals surface area contributed by atoms with Gasteiger partial charge in [-0.25, -0.2) is 4.98 Å². The average Bonchev–Trinajstić information content (AvgIpc) is 2.67. The molecule has 0 aliphatic heterocycles. The fourth-order valence-corrected chi connectivity index (χ4v) is 2.10. The molecule has 0 bridgehead atoms. The number of hydrogen-bond donors (Lipinski definition) is 0. The summed E-state index contributed by atoms with van der Waals surface area (Å²) in [7, 11) is 0. The molecule has 15 heavy (non-hydrogen) atoms. The first-order chi connectivity index (χ1) is 7.22. The van der Waals surface area contributed by atoms with E-state index in [9.17, 15) is 9.59 Å². The molecule has 0 unspecified atom stereocenters. The van der Waals surface area contributed by atoms with Crippen LogP contribution in [0.3, 0.4) is 0 Å². The highest BCUT2D eigenvalue weighted by atomic mass is 32.2. The lowest BCUT2D eigenvalue weighted by Crippen LogP contribution is -2.12. The number of ether oxygens (including phenoxy) is 1. The van der Waals surface area contributed by atoms with Crippen molar-refractivity contribution < 1.29 is 14.3 Å². The molecule has 0 radical (unpaired) electrons. The Bertz CT molecular complexity index is 327. The molecule has 0 atom stereocenters. The molecule has 0 N–H and O–H groups in total. The third-order valence-electron chi connectivity index (χ3n) is 1.34. The Morgan fingerprint density at radius 3 is 3.00 bits per heavy atom. The predicted molar refractivity (Wildman–Crippen MR) is 56.9 cm³/mol. The molecule has 82 valence electrons. The lowest BCUT2D eigenvalue weighted by molar-refractivity contribution is -0.145. The van der Waals surface area contributed by atoms with Gasteiger partial charge in [-0.3, -0.25) is 9.59 Å². The number of rotatable bonds is 6. The molecule has 1 rings (SSSR count). The van der Waals surface area contributed by atoms with Crippen molar-refractivity contribution in [2.45, 2.75) is 17.7 Å². The van der Waals surface area contributed by atoms with Gasteiger partial charge in [-0.1, -0.05) is 11.8 Å². The number of aromatic nitrogens is 2. The molecule has 0 aliphatic rings. The van der Waals surface area contributed by atoms with Crippen LogP contribution in [0.4, 0.5) is 0 Å². The number of hydrogen-bond acceptors (Lipinski definition) is 7. The molecule has 0 aliphatic carbocycles. The van der Waals surface area contributed by atoms with Crippen LogP contribution in [-0.2, 0) is 14.3 Å². The number of thioether (sulfide) groups is 1. The van der Waals surface area contributed by atoms with Gasteiger partial charge < -0.3 is 4.74 Å². The lowest BCUT2D eigenvalue weighted by Gasteiger charge is -1.99. The highest BCUT2D eigenvalue weighted by Crippen LogP contribution is 2.18. The SMILES string of the molecule is CCOC(=O)CC(=O)CSc1ncns1. The molecule has 0 spiro atoms. The van der Waals surface area contributed by atoms with Crippen LogP contribution in [0, 0.1) is 0 Å². The standard InChI is InChI=1S/C8H10N2O3S2/c1-2-13-7(12)3-6(11)4-14-8-9-5-10-15-8/h5H,2-4H2,1H3. The van der Waals surface area contributed by atoms with Gasteiger partial charge in [-0.05, 0) is 18.5 Å². The topological polar surface area (TPSA) is 69.2 Å². The van der Waals surface area contributed by atoms with E-state index in [0.29, 0.717) is 6.61 Å². The zero-order chi connectivity index (χ0) is 11.1. The van der Waals surface area contributed by atoms with Gasteiger partial charge in [-0.15, -0.1) is 0 Å². The van der Waals surface area contributed by atoms with Gasteiger partial charge in [-0.2, -0.15) is 4.37 Å². The van der Waals surface area contributed by atoms with Gasteiger partial charge >= 0.3 is 5.97 Å². The highest BCUT2D eigenvalue weighted by Gasteiger charge is 2.11. The molecular formula is C8H10N2O3S2. The molecule has 0 saturated carbocycles. The largest absolute Gasteiger partial charge is 0.466 e. The van der Waals surface area contributed by atoms with Crippen LogP contribution in [0.1, 0.15) is 13.3 Å². The van der Waals surface area contributed by atoms with Crippen LogP contribution >= 0.6 is 23.3 Å². The Morgan fingerprint density at radius 2 is 2.40 bits per heavy atom. The van der Waals surface area contributed by atoms with Crippen LogP contribution in [0.2, 0.25) is 0 Å². The van der Waals surface area contributed by atoms with E-state index in [0.717, 1.165) is 4.34 Å². The van der Waals surface area contributed by atoms with E-state index in [4.69, 9.17) is 0 Å². The minimum atomic E-state index is -0.472. The fraction of sp³-hybridized carbons (Fsp3) is 0.500. The fourth-order valence-electron chi connectivity index (χ4n) is 0.793. The Balaban J connectivity index is 2.22. The number of ketones is 1. The van der Waals surface area contributed by atoms with E-state index in [1.54, 1.807) is 6.92 Å². The summed E-state index contributed by atoms with van der Waals surface area (Å²) in [4.78, 5) is 26.1. The van der Waals surface area contributed by atoms with Crippen LogP contribution in [0.5, 0.6) is 0 Å². The first-order valence-electron chi connectivity index (χ1n) is 4.29. The van der Waals surface area contributed by atoms with Crippen molar-refractivity contribution in [3.63, 3.8) is 0 Å². The van der Waals surface area contributed by atoms with Crippen molar-refractivity contribution in [2.24, 2.45) is 0 Å². The van der Waals surface area contributed by atoms with E-state index >= 15 is 0 Å². The van der Waals surface area contributed by atoms with E-state index in [-0.39, 0.29) is 18.0 Å². The van der Waals surface area contributed by atoms with Crippen molar-refractivity contribution in [3.8, 4) is 0 Å². The third kappa shape index (κ3) is 4.89. The normalized spacial score (nSPS) is 9.93. The summed E-state index contributed by atoms with van der Waals surface area (Å²) in [6.07, 6.45) is 1.27. The number of nitrogens with zero attached hydrogens (tertiary/aromatic N) is 2. The number of esters is 1. The summed E-state index contributed by atoms with van der Waals surface area (Å²) in [5, 5.41) is 0. The maximum atomic E-state index is 11.3. The Labute approximate surface area is 95.4 Å². The Kier molecular flexibility index (Phi) is 5.27. The first kappa shape index (κ1) is 12.1. The monoisotopic (exact) mass is 246 g/mol. The second kappa shape index (κ2) is 6.52. The Hall–Kier alpha value is -0.950. The average molecular weight is 246 g/mol. The van der Waals surface area contributed by atoms with Crippen LogP contribution in [-0.4, -0.2) is 33.5 Å². The molecule has 0 fully saturated rings. The summed E-state index contributed by atoms with van der Waals surface area (Å²) in [5.74, 6) is -0.400. The van der Waals surface area contributed by atoms with Gasteiger partial charge in [0.1, 0.15) is 12.7 Å². The minimum absolute atomic E-state index is 0.159. The quantitative estimate of drug-likeness (QED) is 0.426. The van der Waals surface area contributed by atoms with Crippen molar-refractivity contribution >= 4 is 35.0 Å². The minimum Gasteiger partial charge on any atom is -0.466 e. The van der Waals surface area contributed by atoms with Crippen LogP contribution in [0.25, 0.3) is 0 Å². The molecule has 1 aromatic rings. The molecule has 1 aromatic heterocycles. The van der Waals surface area contributed by atoms with Gasteiger partial charge in [0.15, 0.2) is 10.1 Å². The molecule has 1 heterocycles. The van der Waals surface area contributed by atoms with Crippen molar-refractivity contribution in [1.29, 1.82) is 0 Å². The molecule has 5 nitrogen and oxygen atoms in total. The van der Waals surface area contributed by atoms with Gasteiger partial charge in [0.05, 0.1) is 12.4 Å². The van der Waals surface area contributed by atoms with Gasteiger partial charge in [0.2, 0.25) is 0 Å². The maximum absolute atomic E-state index is 11.3. The predicted octanol–water partition coefficient (Wildman–Crippen LogP) is 1.15. The zero-order valence-electron chi connectivity index (χ0n) is 8.13. The summed E-state index contributed by atoms with van der Waals surface area (Å²) in [6, 6.07) is 0. The number of Topliss-reactive ketones (excluding diaryl/α,β-unsaturated/α-hetero) is 1. The van der Waals surface area contributed by atoms with Crippen LogP contribution in [0.15, 0.2) is 10.7 Å². The summed E-state index contributed by atoms with van der Waals surface area (Å²) in [5.41, 5.74) is 0. The van der Waals surface area contributed by atoms with Crippen LogP contribution < -0.4 is 0 Å². The van der Waals surface area contributed by atoms with Crippen molar-refractivity contribution in [1.82, 2.24) is 9.36 Å². The second-order valence-electron chi connectivity index (χ2n) is 2.52. The summed E-state index contributed by atoms with van der Waals surface area (Å²) < 4.78 is 9.18. The van der Waals surface area contributed by atoms with E-state index in [1.165, 1.54) is 29.6 Å². The van der Waals surface area contributed by atoms with E-state index < -0.39 is 5.97 Å². The number of carbonyl (C=O) groups is 2. The molecule has 0 amide bonds. The van der Waals surface area contributed by atoms with E-state index in [1.807, 2.05) is 0 Å². The smallest absolute Gasteiger partial charge is 0.313 e. The van der Waals surface area contributed by atoms with Crippen molar-refractivity contribution in [2.75, 3.05) is 12.4 Å². The maximum Gasteiger partial charge on any atom is 0.313 e. The highest BCUT2D eigenvalue weighted by molar-refractivity contribution is 8.01. The van der Waals surface area contributed by atoms with Gasteiger partial charge in [0, 0.05) is 0 Å². The number of carbonyl (C=O) groups excluding carboxylic acids is 2. The first-order valence-corrected chi connectivity index (χ1v) is 6.05. The summed E-state index contributed by atoms with van der Waals surface area (Å²) >= 11 is 2.51. The lowest BCUT2D eigenvalue weighted by atomic mass is 10.3. The molecule has 0 saturated heterocycles. The van der Waals surface area contributed by atoms with Crippen molar-refractivity contribution in [3.05, 3.63) is 6.33 Å². The molecule has 0 aromatic carbocycles. The van der Waals surface area contributed by atoms with Gasteiger partial charge in [0.25, 0.3) is 0 Å². The zero-order valence-corrected chi connectivity index (χ0v) is 9.77. The molecular weight excluding hydrogens is 236 g/mol. The van der Waals surface area contributed by atoms with E-state index in [2.05, 4.69) is 14.1 Å². The molecule has 7 heteroatoms. The Morgan fingerprint density at radius 1 is 1.60 bits per heavy atom. The second-order valence-corrected chi connectivity index (χ2v) is 4.52.